The number of nitrogens with zero attached hydrogens (tertiary/aromatic N) is 1. The maximum Gasteiger partial charge on any atom is 0.238 e. The molecule has 0 bridgehead atoms. The number of carbonyl (C=O) groups is 1. The highest BCUT2D eigenvalue weighted by molar-refractivity contribution is 6.32. The van der Waals surface area contributed by atoms with Crippen LogP contribution in [0.1, 0.15) is 13.3 Å². The molecule has 1 aliphatic heterocycles. The number of carbonyl (C=O) groups excluding carboxylic acids is 1. The van der Waals surface area contributed by atoms with Crippen LogP contribution in [0, 0.1) is 5.92 Å². The predicted octanol–water partition coefficient (Wildman–Crippen LogP) is 1.96. The first-order chi connectivity index (χ1) is 9.99. The number of benzene rings is 1. The van der Waals surface area contributed by atoms with Crippen molar-refractivity contribution < 1.29 is 9.53 Å². The molecule has 116 valence electrons. The van der Waals surface area contributed by atoms with Crippen LogP contribution in [0.3, 0.4) is 0 Å². The molecular weight excluding hydrogens is 290 g/mol. The number of rotatable bonds is 5. The van der Waals surface area contributed by atoms with E-state index in [1.165, 1.54) is 0 Å². The van der Waals surface area contributed by atoms with E-state index in [9.17, 15) is 4.79 Å². The molecule has 1 aromatic carbocycles. The van der Waals surface area contributed by atoms with Crippen LogP contribution in [-0.2, 0) is 4.79 Å². The van der Waals surface area contributed by atoms with Crippen LogP contribution in [0.5, 0.6) is 5.75 Å². The third-order valence-electron chi connectivity index (χ3n) is 3.86. The summed E-state index contributed by atoms with van der Waals surface area (Å²) in [5.74, 6) is 1.03. The summed E-state index contributed by atoms with van der Waals surface area (Å²) in [5.41, 5.74) is 6.58. The smallest absolute Gasteiger partial charge is 0.238 e. The summed E-state index contributed by atoms with van der Waals surface area (Å²) in [6.07, 6.45) is 1.05. The number of likely N-dealkylation sites (tertiary alicyclic amines) is 1. The van der Waals surface area contributed by atoms with Gasteiger partial charge in [0.1, 0.15) is 5.75 Å². The standard InChI is InChI=1S/C15H22ClN3O2/c1-10(17)11-5-6-19(8-11)9-15(20)18-12-3-4-14(21-2)13(16)7-12/h3-4,7,10-11H,5-6,8-9,17H2,1-2H3,(H,18,20). The van der Waals surface area contributed by atoms with Crippen LogP contribution in [0.15, 0.2) is 18.2 Å². The number of anilines is 1. The fraction of sp³-hybridized carbons (Fsp3) is 0.533. The highest BCUT2D eigenvalue weighted by atomic mass is 35.5. The van der Waals surface area contributed by atoms with E-state index < -0.39 is 0 Å². The van der Waals surface area contributed by atoms with Gasteiger partial charge >= 0.3 is 0 Å². The Bertz CT molecular complexity index is 508. The van der Waals surface area contributed by atoms with Gasteiger partial charge in [-0.15, -0.1) is 0 Å². The van der Waals surface area contributed by atoms with Crippen molar-refractivity contribution in [2.45, 2.75) is 19.4 Å². The maximum atomic E-state index is 12.1. The zero-order chi connectivity index (χ0) is 15.4. The molecule has 1 heterocycles. The first kappa shape index (κ1) is 16.1. The number of nitrogens with two attached hydrogens (primary N) is 1. The van der Waals surface area contributed by atoms with Crippen molar-refractivity contribution in [1.29, 1.82) is 0 Å². The Morgan fingerprint density at radius 1 is 1.62 bits per heavy atom. The molecule has 0 radical (unpaired) electrons. The molecule has 1 fully saturated rings. The number of nitrogens with one attached hydrogen (secondary N) is 1. The molecule has 2 rings (SSSR count). The highest BCUT2D eigenvalue weighted by Crippen LogP contribution is 2.27. The van der Waals surface area contributed by atoms with E-state index in [0.29, 0.717) is 28.9 Å². The summed E-state index contributed by atoms with van der Waals surface area (Å²) in [5, 5.41) is 3.33. The SMILES string of the molecule is COc1ccc(NC(=O)CN2CCC(C(C)N)C2)cc1Cl. The fourth-order valence-electron chi connectivity index (χ4n) is 2.58. The summed E-state index contributed by atoms with van der Waals surface area (Å²) in [6.45, 7) is 4.21. The van der Waals surface area contributed by atoms with E-state index in [1.807, 2.05) is 6.92 Å². The number of halogens is 1. The number of methoxy groups -OCH3 is 1. The second-order valence-corrected chi connectivity index (χ2v) is 5.95. The zero-order valence-electron chi connectivity index (χ0n) is 12.4. The van der Waals surface area contributed by atoms with E-state index in [2.05, 4.69) is 10.2 Å². The Kier molecular flexibility index (Phi) is 5.45. The molecule has 1 amide bonds. The van der Waals surface area contributed by atoms with Crippen molar-refractivity contribution in [2.24, 2.45) is 11.7 Å². The Labute approximate surface area is 130 Å². The lowest BCUT2D eigenvalue weighted by atomic mass is 10.0. The molecule has 1 saturated heterocycles. The van der Waals surface area contributed by atoms with Gasteiger partial charge in [0.15, 0.2) is 0 Å². The molecule has 1 aromatic rings. The van der Waals surface area contributed by atoms with Gasteiger partial charge in [-0.05, 0) is 44.0 Å². The van der Waals surface area contributed by atoms with Crippen LogP contribution in [0.25, 0.3) is 0 Å². The number of amides is 1. The van der Waals surface area contributed by atoms with Gasteiger partial charge in [-0.2, -0.15) is 0 Å². The molecular formula is C15H22ClN3O2. The molecule has 2 atom stereocenters. The molecule has 1 aliphatic rings. The Hall–Kier alpha value is -1.30. The Balaban J connectivity index is 1.86. The Morgan fingerprint density at radius 2 is 2.38 bits per heavy atom. The minimum atomic E-state index is -0.0402. The molecule has 0 aliphatic carbocycles. The van der Waals surface area contributed by atoms with E-state index in [4.69, 9.17) is 22.1 Å². The molecule has 6 heteroatoms. The number of ether oxygens (including phenoxy) is 1. The topological polar surface area (TPSA) is 67.6 Å². The average molecular weight is 312 g/mol. The van der Waals surface area contributed by atoms with Gasteiger partial charge in [0.05, 0.1) is 18.7 Å². The summed E-state index contributed by atoms with van der Waals surface area (Å²) in [6, 6.07) is 5.38. The average Bonchev–Trinajstić information content (AvgIpc) is 2.87. The Morgan fingerprint density at radius 3 is 2.95 bits per heavy atom. The van der Waals surface area contributed by atoms with Crippen molar-refractivity contribution in [3.8, 4) is 5.75 Å². The molecule has 2 unspecified atom stereocenters. The molecule has 0 spiro atoms. The summed E-state index contributed by atoms with van der Waals surface area (Å²) in [7, 11) is 1.56. The van der Waals surface area contributed by atoms with Gasteiger partial charge in [0.2, 0.25) is 5.91 Å². The summed E-state index contributed by atoms with van der Waals surface area (Å²) >= 11 is 6.04. The van der Waals surface area contributed by atoms with Crippen molar-refractivity contribution in [1.82, 2.24) is 4.90 Å². The maximum absolute atomic E-state index is 12.1. The molecule has 3 N–H and O–H groups in total. The van der Waals surface area contributed by atoms with Crippen molar-refractivity contribution >= 4 is 23.2 Å². The minimum absolute atomic E-state index is 0.0402. The largest absolute Gasteiger partial charge is 0.495 e. The van der Waals surface area contributed by atoms with Crippen LogP contribution in [0.2, 0.25) is 5.02 Å². The highest BCUT2D eigenvalue weighted by Gasteiger charge is 2.26. The van der Waals surface area contributed by atoms with Gasteiger partial charge < -0.3 is 15.8 Å². The van der Waals surface area contributed by atoms with E-state index in [0.717, 1.165) is 19.5 Å². The number of hydrogen-bond donors (Lipinski definition) is 2. The third kappa shape index (κ3) is 4.33. The van der Waals surface area contributed by atoms with E-state index in [1.54, 1.807) is 25.3 Å². The van der Waals surface area contributed by atoms with Gasteiger partial charge in [-0.25, -0.2) is 0 Å². The normalized spacial score (nSPS) is 20.3. The van der Waals surface area contributed by atoms with Crippen molar-refractivity contribution in [3.05, 3.63) is 23.2 Å². The molecule has 0 aromatic heterocycles. The van der Waals surface area contributed by atoms with Crippen molar-refractivity contribution in [3.63, 3.8) is 0 Å². The van der Waals surface area contributed by atoms with Gasteiger partial charge in [-0.1, -0.05) is 11.6 Å². The molecule has 0 saturated carbocycles. The molecule has 21 heavy (non-hydrogen) atoms. The van der Waals surface area contributed by atoms with Gasteiger partial charge in [-0.3, -0.25) is 9.69 Å². The van der Waals surface area contributed by atoms with Crippen LogP contribution < -0.4 is 15.8 Å². The third-order valence-corrected chi connectivity index (χ3v) is 4.15. The van der Waals surface area contributed by atoms with E-state index >= 15 is 0 Å². The number of hydrogen-bond acceptors (Lipinski definition) is 4. The monoisotopic (exact) mass is 311 g/mol. The second-order valence-electron chi connectivity index (χ2n) is 5.54. The van der Waals surface area contributed by atoms with Crippen LogP contribution in [-0.4, -0.2) is 43.6 Å². The summed E-state index contributed by atoms with van der Waals surface area (Å²) in [4.78, 5) is 14.2. The molecule has 5 nitrogen and oxygen atoms in total. The fourth-order valence-corrected chi connectivity index (χ4v) is 2.84. The first-order valence-electron chi connectivity index (χ1n) is 7.11. The van der Waals surface area contributed by atoms with Gasteiger partial charge in [0.25, 0.3) is 0 Å². The first-order valence-corrected chi connectivity index (χ1v) is 7.48. The quantitative estimate of drug-likeness (QED) is 0.872. The lowest BCUT2D eigenvalue weighted by Crippen LogP contribution is -2.34. The predicted molar refractivity (Wildman–Crippen MR) is 84.8 cm³/mol. The second kappa shape index (κ2) is 7.11. The zero-order valence-corrected chi connectivity index (χ0v) is 13.2. The van der Waals surface area contributed by atoms with Crippen LogP contribution >= 0.6 is 11.6 Å². The van der Waals surface area contributed by atoms with Gasteiger partial charge in [0, 0.05) is 18.3 Å². The lowest BCUT2D eigenvalue weighted by molar-refractivity contribution is -0.117. The summed E-state index contributed by atoms with van der Waals surface area (Å²) < 4.78 is 5.08. The van der Waals surface area contributed by atoms with E-state index in [-0.39, 0.29) is 11.9 Å². The lowest BCUT2D eigenvalue weighted by Gasteiger charge is -2.17. The van der Waals surface area contributed by atoms with Crippen LogP contribution in [0.4, 0.5) is 5.69 Å². The minimum Gasteiger partial charge on any atom is -0.495 e. The van der Waals surface area contributed by atoms with Crippen molar-refractivity contribution in [2.75, 3.05) is 32.1 Å².